The Morgan fingerprint density at radius 2 is 2.14 bits per heavy atom. The molecule has 14 heavy (non-hydrogen) atoms. The highest BCUT2D eigenvalue weighted by molar-refractivity contribution is 5.90. The molecule has 3 heteroatoms. The average Bonchev–Trinajstić information content (AvgIpc) is 2.72. The fraction of sp³-hybridized carbons (Fsp3) is 0.364. The molecule has 0 saturated carbocycles. The standard InChI is InChI=1S/C11H14N2O/c12-10(11-6-7-14-13-11)8-9-4-2-1-3-5-9/h1-5,10H,6-8,12H2/t10-/m1/s1. The Hall–Kier alpha value is -1.35. The minimum Gasteiger partial charge on any atom is -0.395 e. The molecule has 0 aliphatic carbocycles. The Morgan fingerprint density at radius 3 is 2.79 bits per heavy atom. The van der Waals surface area contributed by atoms with Crippen LogP contribution in [0.25, 0.3) is 0 Å². The lowest BCUT2D eigenvalue weighted by molar-refractivity contribution is 0.173. The molecule has 1 aliphatic heterocycles. The third-order valence-corrected chi connectivity index (χ3v) is 2.36. The summed E-state index contributed by atoms with van der Waals surface area (Å²) in [6, 6.07) is 10.2. The summed E-state index contributed by atoms with van der Waals surface area (Å²) in [7, 11) is 0. The predicted molar refractivity (Wildman–Crippen MR) is 56.1 cm³/mol. The molecule has 3 nitrogen and oxygen atoms in total. The predicted octanol–water partition coefficient (Wildman–Crippen LogP) is 1.33. The van der Waals surface area contributed by atoms with Gasteiger partial charge in [-0.25, -0.2) is 0 Å². The molecule has 0 fully saturated rings. The van der Waals surface area contributed by atoms with E-state index in [1.54, 1.807) is 0 Å². The molecule has 0 aromatic heterocycles. The smallest absolute Gasteiger partial charge is 0.122 e. The summed E-state index contributed by atoms with van der Waals surface area (Å²) in [6.07, 6.45) is 1.71. The van der Waals surface area contributed by atoms with Gasteiger partial charge in [-0.15, -0.1) is 0 Å². The molecule has 0 amide bonds. The van der Waals surface area contributed by atoms with Crippen LogP contribution < -0.4 is 5.73 Å². The summed E-state index contributed by atoms with van der Waals surface area (Å²) >= 11 is 0. The van der Waals surface area contributed by atoms with E-state index in [2.05, 4.69) is 17.3 Å². The van der Waals surface area contributed by atoms with Crippen LogP contribution in [0.5, 0.6) is 0 Å². The summed E-state index contributed by atoms with van der Waals surface area (Å²) in [4.78, 5) is 4.92. The van der Waals surface area contributed by atoms with Crippen LogP contribution >= 0.6 is 0 Å². The van der Waals surface area contributed by atoms with Crippen molar-refractivity contribution in [1.29, 1.82) is 0 Å². The Morgan fingerprint density at radius 1 is 1.36 bits per heavy atom. The number of oxime groups is 1. The van der Waals surface area contributed by atoms with Crippen molar-refractivity contribution in [2.75, 3.05) is 6.61 Å². The van der Waals surface area contributed by atoms with Gasteiger partial charge < -0.3 is 10.6 Å². The third kappa shape index (κ3) is 2.12. The fourth-order valence-electron chi connectivity index (χ4n) is 1.56. The lowest BCUT2D eigenvalue weighted by Crippen LogP contribution is -2.31. The Bertz CT molecular complexity index is 321. The highest BCUT2D eigenvalue weighted by atomic mass is 16.6. The van der Waals surface area contributed by atoms with E-state index in [1.165, 1.54) is 5.56 Å². The Labute approximate surface area is 83.6 Å². The molecule has 0 unspecified atom stereocenters. The zero-order valence-electron chi connectivity index (χ0n) is 8.02. The second-order valence-electron chi connectivity index (χ2n) is 3.46. The number of rotatable bonds is 3. The van der Waals surface area contributed by atoms with Crippen LogP contribution in [0, 0.1) is 0 Å². The number of nitrogens with two attached hydrogens (primary N) is 1. The fourth-order valence-corrected chi connectivity index (χ4v) is 1.56. The Balaban J connectivity index is 1.97. The van der Waals surface area contributed by atoms with Crippen LogP contribution in [-0.4, -0.2) is 18.4 Å². The largest absolute Gasteiger partial charge is 0.395 e. The SMILES string of the molecule is N[C@H](Cc1ccccc1)C1=NOCC1. The van der Waals surface area contributed by atoms with E-state index >= 15 is 0 Å². The van der Waals surface area contributed by atoms with Gasteiger partial charge in [0.2, 0.25) is 0 Å². The van der Waals surface area contributed by atoms with Crippen LogP contribution in [0.15, 0.2) is 35.5 Å². The molecule has 0 bridgehead atoms. The van der Waals surface area contributed by atoms with E-state index in [-0.39, 0.29) is 6.04 Å². The van der Waals surface area contributed by atoms with Gasteiger partial charge in [0.1, 0.15) is 6.61 Å². The molecule has 1 heterocycles. The van der Waals surface area contributed by atoms with Gasteiger partial charge in [0.15, 0.2) is 0 Å². The van der Waals surface area contributed by atoms with E-state index in [1.807, 2.05) is 18.2 Å². The highest BCUT2D eigenvalue weighted by Gasteiger charge is 2.16. The normalized spacial score (nSPS) is 17.4. The van der Waals surface area contributed by atoms with Crippen LogP contribution in [0.2, 0.25) is 0 Å². The summed E-state index contributed by atoms with van der Waals surface area (Å²) < 4.78 is 0. The number of hydrogen-bond donors (Lipinski definition) is 1. The van der Waals surface area contributed by atoms with Crippen molar-refractivity contribution >= 4 is 5.71 Å². The monoisotopic (exact) mass is 190 g/mol. The molecule has 1 atom stereocenters. The summed E-state index contributed by atoms with van der Waals surface area (Å²) in [5, 5.41) is 3.92. The molecule has 2 rings (SSSR count). The van der Waals surface area contributed by atoms with E-state index < -0.39 is 0 Å². The maximum atomic E-state index is 6.00. The molecule has 0 saturated heterocycles. The van der Waals surface area contributed by atoms with Crippen molar-refractivity contribution in [1.82, 2.24) is 0 Å². The first-order valence-corrected chi connectivity index (χ1v) is 4.84. The second kappa shape index (κ2) is 4.24. The zero-order valence-corrected chi connectivity index (χ0v) is 8.02. The molecular formula is C11H14N2O. The third-order valence-electron chi connectivity index (χ3n) is 2.36. The van der Waals surface area contributed by atoms with E-state index in [9.17, 15) is 0 Å². The summed E-state index contributed by atoms with van der Waals surface area (Å²) in [5.74, 6) is 0. The van der Waals surface area contributed by atoms with E-state index in [0.717, 1.165) is 18.6 Å². The van der Waals surface area contributed by atoms with Crippen molar-refractivity contribution in [2.24, 2.45) is 10.9 Å². The minimum atomic E-state index is -0.0000926. The van der Waals surface area contributed by atoms with Crippen molar-refractivity contribution in [3.05, 3.63) is 35.9 Å². The average molecular weight is 190 g/mol. The first kappa shape index (κ1) is 9.21. The first-order chi connectivity index (χ1) is 6.86. The van der Waals surface area contributed by atoms with Crippen LogP contribution in [-0.2, 0) is 11.3 Å². The summed E-state index contributed by atoms with van der Waals surface area (Å²) in [6.45, 7) is 0.678. The van der Waals surface area contributed by atoms with Gasteiger partial charge in [-0.05, 0) is 12.0 Å². The zero-order chi connectivity index (χ0) is 9.80. The maximum absolute atomic E-state index is 6.00. The van der Waals surface area contributed by atoms with Crippen molar-refractivity contribution < 1.29 is 4.84 Å². The van der Waals surface area contributed by atoms with E-state index in [0.29, 0.717) is 6.61 Å². The van der Waals surface area contributed by atoms with Crippen molar-refractivity contribution in [2.45, 2.75) is 18.9 Å². The highest BCUT2D eigenvalue weighted by Crippen LogP contribution is 2.08. The van der Waals surface area contributed by atoms with Crippen LogP contribution in [0.4, 0.5) is 0 Å². The lowest BCUT2D eigenvalue weighted by atomic mass is 10.0. The molecular weight excluding hydrogens is 176 g/mol. The van der Waals surface area contributed by atoms with Crippen molar-refractivity contribution in [3.63, 3.8) is 0 Å². The molecule has 1 aliphatic rings. The number of hydrogen-bond acceptors (Lipinski definition) is 3. The van der Waals surface area contributed by atoms with Gasteiger partial charge in [0.05, 0.1) is 11.8 Å². The second-order valence-corrected chi connectivity index (χ2v) is 3.46. The van der Waals surface area contributed by atoms with E-state index in [4.69, 9.17) is 10.6 Å². The van der Waals surface area contributed by atoms with Crippen LogP contribution in [0.1, 0.15) is 12.0 Å². The first-order valence-electron chi connectivity index (χ1n) is 4.84. The number of nitrogens with zero attached hydrogens (tertiary/aromatic N) is 1. The van der Waals surface area contributed by atoms with Gasteiger partial charge in [-0.1, -0.05) is 35.5 Å². The quantitative estimate of drug-likeness (QED) is 0.781. The van der Waals surface area contributed by atoms with Gasteiger partial charge in [0, 0.05) is 6.42 Å². The van der Waals surface area contributed by atoms with Gasteiger partial charge >= 0.3 is 0 Å². The molecule has 1 aromatic rings. The van der Waals surface area contributed by atoms with Gasteiger partial charge in [-0.3, -0.25) is 0 Å². The lowest BCUT2D eigenvalue weighted by Gasteiger charge is -2.09. The molecule has 74 valence electrons. The Kier molecular flexibility index (Phi) is 2.79. The molecule has 1 aromatic carbocycles. The maximum Gasteiger partial charge on any atom is 0.122 e. The minimum absolute atomic E-state index is 0.0000926. The van der Waals surface area contributed by atoms with Gasteiger partial charge in [0.25, 0.3) is 0 Å². The molecule has 2 N–H and O–H groups in total. The molecule has 0 radical (unpaired) electrons. The van der Waals surface area contributed by atoms with Crippen molar-refractivity contribution in [3.8, 4) is 0 Å². The molecule has 0 spiro atoms. The van der Waals surface area contributed by atoms with Gasteiger partial charge in [-0.2, -0.15) is 0 Å². The number of benzene rings is 1. The summed E-state index contributed by atoms with van der Waals surface area (Å²) in [5.41, 5.74) is 8.23. The van der Waals surface area contributed by atoms with Crippen LogP contribution in [0.3, 0.4) is 0 Å². The topological polar surface area (TPSA) is 47.6 Å².